The van der Waals surface area contributed by atoms with Crippen LogP contribution in [0.5, 0.6) is 11.5 Å². The summed E-state index contributed by atoms with van der Waals surface area (Å²) in [4.78, 5) is 42.2. The van der Waals surface area contributed by atoms with Gasteiger partial charge in [0.15, 0.2) is 12.0 Å². The number of allylic oxidation sites excluding steroid dienone is 2. The Morgan fingerprint density at radius 2 is 1.80 bits per heavy atom. The molecule has 11 heteroatoms. The van der Waals surface area contributed by atoms with Gasteiger partial charge >= 0.3 is 5.97 Å². The van der Waals surface area contributed by atoms with Crippen LogP contribution in [0.2, 0.25) is 0 Å². The van der Waals surface area contributed by atoms with Gasteiger partial charge in [-0.05, 0) is 49.2 Å². The number of aromatic hydroxyl groups is 1. The summed E-state index contributed by atoms with van der Waals surface area (Å²) in [6.07, 6.45) is -4.95. The molecule has 44 heavy (non-hydrogen) atoms. The van der Waals surface area contributed by atoms with Crippen molar-refractivity contribution in [2.24, 2.45) is 0 Å². The maximum Gasteiger partial charge on any atom is 0.335 e. The molecule has 2 heterocycles. The molecule has 1 saturated heterocycles. The minimum absolute atomic E-state index is 0.00267. The van der Waals surface area contributed by atoms with E-state index < -0.39 is 48.4 Å². The fraction of sp³-hybridized carbons (Fsp3) is 0.303. The van der Waals surface area contributed by atoms with Gasteiger partial charge in [-0.1, -0.05) is 30.3 Å². The van der Waals surface area contributed by atoms with Crippen LogP contribution in [0.4, 0.5) is 0 Å². The van der Waals surface area contributed by atoms with E-state index in [0.29, 0.717) is 16.7 Å². The lowest BCUT2D eigenvalue weighted by Gasteiger charge is -2.42. The van der Waals surface area contributed by atoms with Crippen LogP contribution in [0, 0.1) is 6.92 Å². The van der Waals surface area contributed by atoms with Gasteiger partial charge in [-0.2, -0.15) is 0 Å². The summed E-state index contributed by atoms with van der Waals surface area (Å²) >= 11 is 0. The summed E-state index contributed by atoms with van der Waals surface area (Å²) in [6, 6.07) is 14.1. The van der Waals surface area contributed by atoms with E-state index in [2.05, 4.69) is 0 Å². The first-order valence-electron chi connectivity index (χ1n) is 14.1. The largest absolute Gasteiger partial charge is 0.507 e. The number of fused-ring (bicyclic) bond motifs is 3. The molecule has 11 nitrogen and oxygen atoms in total. The first-order chi connectivity index (χ1) is 21.0. The quantitative estimate of drug-likeness (QED) is 0.327. The SMILES string of the molecule is COC1c2cc(C)cc(O)c2C2=C(C(=O)c3c(OC4CC(O)C(O)C(C)O4)cccc3C2=O)N1Cc1cccc(C(=O)O)c1. The highest BCUT2D eigenvalue weighted by molar-refractivity contribution is 6.41. The van der Waals surface area contributed by atoms with Crippen LogP contribution in [0.1, 0.15) is 72.9 Å². The fourth-order valence-electron chi connectivity index (χ4n) is 6.24. The normalized spacial score (nSPS) is 24.5. The number of nitrogens with zero attached hydrogens (tertiary/aromatic N) is 1. The lowest BCUT2D eigenvalue weighted by atomic mass is 9.78. The Labute approximate surface area is 252 Å². The number of methoxy groups -OCH3 is 1. The smallest absolute Gasteiger partial charge is 0.335 e. The Balaban J connectivity index is 1.51. The second kappa shape index (κ2) is 11.2. The molecule has 5 atom stereocenters. The summed E-state index contributed by atoms with van der Waals surface area (Å²) in [7, 11) is 1.44. The third-order valence-corrected chi connectivity index (χ3v) is 8.24. The summed E-state index contributed by atoms with van der Waals surface area (Å²) in [5, 5.41) is 41.1. The molecule has 3 aliphatic rings. The molecule has 0 aromatic heterocycles. The van der Waals surface area contributed by atoms with E-state index in [0.717, 1.165) is 0 Å². The highest BCUT2D eigenvalue weighted by atomic mass is 16.7. The van der Waals surface area contributed by atoms with Crippen molar-refractivity contribution in [2.45, 2.75) is 57.6 Å². The second-order valence-electron chi connectivity index (χ2n) is 11.2. The molecule has 0 amide bonds. The van der Waals surface area contributed by atoms with Gasteiger partial charge in [-0.3, -0.25) is 9.59 Å². The van der Waals surface area contributed by atoms with E-state index in [-0.39, 0.29) is 58.0 Å². The Bertz CT molecular complexity index is 1720. The zero-order valence-corrected chi connectivity index (χ0v) is 24.2. The number of phenolic OH excluding ortho intramolecular Hbond substituents is 1. The van der Waals surface area contributed by atoms with Crippen LogP contribution in [0.25, 0.3) is 5.57 Å². The Morgan fingerprint density at radius 3 is 2.50 bits per heavy atom. The van der Waals surface area contributed by atoms with Crippen molar-refractivity contribution in [3.05, 3.63) is 99.2 Å². The van der Waals surface area contributed by atoms with Gasteiger partial charge in [-0.15, -0.1) is 0 Å². The first kappa shape index (κ1) is 29.5. The topological polar surface area (TPSA) is 163 Å². The molecule has 0 radical (unpaired) electrons. The zero-order valence-electron chi connectivity index (χ0n) is 24.2. The second-order valence-corrected chi connectivity index (χ2v) is 11.2. The lowest BCUT2D eigenvalue weighted by Crippen LogP contribution is -2.48. The average Bonchev–Trinajstić information content (AvgIpc) is 2.98. The van der Waals surface area contributed by atoms with Gasteiger partial charge in [0.05, 0.1) is 28.9 Å². The first-order valence-corrected chi connectivity index (χ1v) is 14.1. The molecule has 1 aliphatic carbocycles. The standard InChI is InChI=1S/C33H31NO10/c1-15-10-20-25(21(35)11-15)27-28(34(32(20)42-3)14-17-6-4-7-18(12-17)33(40)41)31(39)26-19(30(27)38)8-5-9-23(26)44-24-13-22(36)29(37)16(2)43-24/h4-12,16,22,24,29,32,35-37H,13-14H2,1-3H3,(H,40,41). The van der Waals surface area contributed by atoms with Gasteiger partial charge in [-0.25, -0.2) is 4.79 Å². The summed E-state index contributed by atoms with van der Waals surface area (Å²) < 4.78 is 17.7. The number of carboxylic acid groups (broad SMARTS) is 1. The number of hydrogen-bond donors (Lipinski definition) is 4. The molecule has 3 aromatic carbocycles. The number of benzene rings is 3. The molecule has 5 unspecified atom stereocenters. The number of Topliss-reactive ketones (excluding diaryl/α,β-unsaturated/α-hetero) is 2. The van der Waals surface area contributed by atoms with Gasteiger partial charge in [0.1, 0.15) is 23.3 Å². The van der Waals surface area contributed by atoms with Gasteiger partial charge in [0, 0.05) is 36.8 Å². The highest BCUT2D eigenvalue weighted by Gasteiger charge is 2.46. The van der Waals surface area contributed by atoms with Gasteiger partial charge in [0.25, 0.3) is 0 Å². The van der Waals surface area contributed by atoms with E-state index in [1.54, 1.807) is 43.0 Å². The van der Waals surface area contributed by atoms with E-state index in [1.807, 2.05) is 0 Å². The Hall–Kier alpha value is -4.55. The molecule has 2 aliphatic heterocycles. The maximum absolute atomic E-state index is 14.6. The molecule has 4 N–H and O–H groups in total. The van der Waals surface area contributed by atoms with Crippen molar-refractivity contribution in [3.8, 4) is 11.5 Å². The lowest BCUT2D eigenvalue weighted by molar-refractivity contribution is -0.216. The number of aromatic carboxylic acids is 1. The van der Waals surface area contributed by atoms with Gasteiger partial charge < -0.3 is 39.5 Å². The van der Waals surface area contributed by atoms with E-state index in [4.69, 9.17) is 14.2 Å². The molecule has 6 rings (SSSR count). The molecular formula is C33H31NO10. The maximum atomic E-state index is 14.6. The number of ether oxygens (including phenoxy) is 3. The van der Waals surface area contributed by atoms with Crippen molar-refractivity contribution < 1.29 is 49.0 Å². The van der Waals surface area contributed by atoms with Crippen molar-refractivity contribution in [1.82, 2.24) is 4.90 Å². The van der Waals surface area contributed by atoms with E-state index >= 15 is 0 Å². The van der Waals surface area contributed by atoms with E-state index in [9.17, 15) is 34.8 Å². The third kappa shape index (κ3) is 4.83. The van der Waals surface area contributed by atoms with Crippen LogP contribution >= 0.6 is 0 Å². The monoisotopic (exact) mass is 601 g/mol. The molecule has 0 spiro atoms. The number of phenols is 1. The molecular weight excluding hydrogens is 570 g/mol. The van der Waals surface area contributed by atoms with Crippen LogP contribution < -0.4 is 4.74 Å². The average molecular weight is 602 g/mol. The number of ketones is 2. The minimum atomic E-state index is -1.12. The van der Waals surface area contributed by atoms with Gasteiger partial charge in [0.2, 0.25) is 12.1 Å². The minimum Gasteiger partial charge on any atom is -0.507 e. The number of carbonyl (C=O) groups excluding carboxylic acids is 2. The number of aryl methyl sites for hydroxylation is 1. The Kier molecular flexibility index (Phi) is 7.50. The highest BCUT2D eigenvalue weighted by Crippen LogP contribution is 2.49. The van der Waals surface area contributed by atoms with Crippen molar-refractivity contribution in [1.29, 1.82) is 0 Å². The summed E-state index contributed by atoms with van der Waals surface area (Å²) in [5.74, 6) is -2.34. The predicted molar refractivity (Wildman–Crippen MR) is 155 cm³/mol. The summed E-state index contributed by atoms with van der Waals surface area (Å²) in [6.45, 7) is 3.37. The van der Waals surface area contributed by atoms with Crippen LogP contribution in [0.3, 0.4) is 0 Å². The molecule has 3 aromatic rings. The Morgan fingerprint density at radius 1 is 1.05 bits per heavy atom. The van der Waals surface area contributed by atoms with E-state index in [1.165, 1.54) is 37.4 Å². The summed E-state index contributed by atoms with van der Waals surface area (Å²) in [5.41, 5.74) is 1.97. The predicted octanol–water partition coefficient (Wildman–Crippen LogP) is 3.59. The number of carbonyl (C=O) groups is 3. The van der Waals surface area contributed by atoms with Crippen LogP contribution in [0.15, 0.2) is 60.3 Å². The van der Waals surface area contributed by atoms with Crippen molar-refractivity contribution >= 4 is 23.1 Å². The number of aliphatic hydroxyl groups excluding tert-OH is 2. The number of hydrogen-bond acceptors (Lipinski definition) is 10. The zero-order chi connectivity index (χ0) is 31.4. The van der Waals surface area contributed by atoms with Crippen LogP contribution in [-0.4, -0.2) is 74.6 Å². The van der Waals surface area contributed by atoms with Crippen LogP contribution in [-0.2, 0) is 16.0 Å². The fourth-order valence-corrected chi connectivity index (χ4v) is 6.24. The molecule has 0 bridgehead atoms. The molecule has 1 fully saturated rings. The number of aliphatic hydroxyl groups is 2. The molecule has 0 saturated carbocycles. The number of carboxylic acids is 1. The third-order valence-electron chi connectivity index (χ3n) is 8.24. The molecule has 228 valence electrons. The van der Waals surface area contributed by atoms with Crippen molar-refractivity contribution in [2.75, 3.05) is 7.11 Å². The van der Waals surface area contributed by atoms with Crippen molar-refractivity contribution in [3.63, 3.8) is 0 Å². The number of rotatable bonds is 6.